The lowest BCUT2D eigenvalue weighted by molar-refractivity contribution is 0.474. The lowest BCUT2D eigenvalue weighted by Gasteiger charge is -2.05. The molecule has 0 aromatic heterocycles. The van der Waals surface area contributed by atoms with Gasteiger partial charge in [0.1, 0.15) is 11.4 Å². The van der Waals surface area contributed by atoms with E-state index in [1.165, 1.54) is 6.07 Å². The molecule has 4 heteroatoms. The molecule has 0 spiro atoms. The SMILES string of the molecule is CC(CC(C)C)=Nc1cc(O)c(Cl)cc1F. The minimum atomic E-state index is -0.522. The van der Waals surface area contributed by atoms with Gasteiger partial charge in [-0.05, 0) is 25.3 Å². The van der Waals surface area contributed by atoms with Gasteiger partial charge in [0.15, 0.2) is 5.82 Å². The molecule has 0 atom stereocenters. The molecule has 0 aliphatic heterocycles. The summed E-state index contributed by atoms with van der Waals surface area (Å²) in [7, 11) is 0. The zero-order chi connectivity index (χ0) is 12.3. The second kappa shape index (κ2) is 5.30. The first-order valence-electron chi connectivity index (χ1n) is 5.12. The van der Waals surface area contributed by atoms with E-state index in [2.05, 4.69) is 18.8 Å². The van der Waals surface area contributed by atoms with Crippen LogP contribution in [0.2, 0.25) is 5.02 Å². The molecule has 16 heavy (non-hydrogen) atoms. The summed E-state index contributed by atoms with van der Waals surface area (Å²) in [6.07, 6.45) is 0.794. The highest BCUT2D eigenvalue weighted by molar-refractivity contribution is 6.32. The third-order valence-corrected chi connectivity index (χ3v) is 2.33. The Kier molecular flexibility index (Phi) is 4.30. The van der Waals surface area contributed by atoms with E-state index in [1.807, 2.05) is 6.92 Å². The molecule has 1 aromatic rings. The molecule has 0 aliphatic carbocycles. The van der Waals surface area contributed by atoms with E-state index in [-0.39, 0.29) is 16.5 Å². The number of aromatic hydroxyl groups is 1. The molecule has 0 saturated heterocycles. The Balaban J connectivity index is 3.01. The highest BCUT2D eigenvalue weighted by Gasteiger charge is 2.07. The van der Waals surface area contributed by atoms with Gasteiger partial charge in [-0.25, -0.2) is 4.39 Å². The summed E-state index contributed by atoms with van der Waals surface area (Å²) in [5, 5.41) is 9.35. The highest BCUT2D eigenvalue weighted by atomic mass is 35.5. The number of aliphatic imine (C=N–C) groups is 1. The van der Waals surface area contributed by atoms with Gasteiger partial charge in [-0.1, -0.05) is 25.4 Å². The molecule has 2 nitrogen and oxygen atoms in total. The average molecular weight is 244 g/mol. The Labute approximate surface area is 99.8 Å². The van der Waals surface area contributed by atoms with Gasteiger partial charge in [0.2, 0.25) is 0 Å². The second-order valence-corrected chi connectivity index (χ2v) is 4.61. The van der Waals surface area contributed by atoms with Crippen molar-refractivity contribution in [2.45, 2.75) is 27.2 Å². The number of nitrogens with zero attached hydrogens (tertiary/aromatic N) is 1. The molecule has 1 rings (SSSR count). The van der Waals surface area contributed by atoms with Crippen molar-refractivity contribution in [2.24, 2.45) is 10.9 Å². The lowest BCUT2D eigenvalue weighted by atomic mass is 10.1. The molecule has 0 bridgehead atoms. The number of rotatable bonds is 3. The summed E-state index contributed by atoms with van der Waals surface area (Å²) in [5.41, 5.74) is 0.954. The Bertz CT molecular complexity index is 416. The minimum Gasteiger partial charge on any atom is -0.506 e. The van der Waals surface area contributed by atoms with E-state index in [9.17, 15) is 9.50 Å². The van der Waals surface area contributed by atoms with Crippen molar-refractivity contribution in [3.63, 3.8) is 0 Å². The van der Waals surface area contributed by atoms with Gasteiger partial charge in [-0.15, -0.1) is 0 Å². The van der Waals surface area contributed by atoms with E-state index in [0.717, 1.165) is 18.2 Å². The van der Waals surface area contributed by atoms with Crippen LogP contribution in [0.15, 0.2) is 17.1 Å². The standard InChI is InChI=1S/C12H15ClFNO/c1-7(2)4-8(3)15-11-6-12(16)9(13)5-10(11)14/h5-7,16H,4H2,1-3H3. The monoisotopic (exact) mass is 243 g/mol. The van der Waals surface area contributed by atoms with Gasteiger partial charge in [0, 0.05) is 11.8 Å². The van der Waals surface area contributed by atoms with Crippen molar-refractivity contribution < 1.29 is 9.50 Å². The predicted octanol–water partition coefficient (Wildman–Crippen LogP) is 4.32. The Morgan fingerprint density at radius 2 is 2.12 bits per heavy atom. The zero-order valence-corrected chi connectivity index (χ0v) is 10.3. The van der Waals surface area contributed by atoms with Gasteiger partial charge < -0.3 is 5.11 Å². The molecule has 88 valence electrons. The fourth-order valence-corrected chi connectivity index (χ4v) is 1.60. The van der Waals surface area contributed by atoms with E-state index in [0.29, 0.717) is 5.92 Å². The van der Waals surface area contributed by atoms with Gasteiger partial charge >= 0.3 is 0 Å². The van der Waals surface area contributed by atoms with Crippen molar-refractivity contribution in [3.05, 3.63) is 23.0 Å². The van der Waals surface area contributed by atoms with Crippen LogP contribution in [0.4, 0.5) is 10.1 Å². The first kappa shape index (κ1) is 13.0. The van der Waals surface area contributed by atoms with Crippen LogP contribution < -0.4 is 0 Å². The third-order valence-electron chi connectivity index (χ3n) is 2.03. The van der Waals surface area contributed by atoms with Gasteiger partial charge in [0.25, 0.3) is 0 Å². The van der Waals surface area contributed by atoms with E-state index >= 15 is 0 Å². The van der Waals surface area contributed by atoms with Crippen LogP contribution in [0.1, 0.15) is 27.2 Å². The van der Waals surface area contributed by atoms with Crippen molar-refractivity contribution in [1.82, 2.24) is 0 Å². The Morgan fingerprint density at radius 1 is 1.50 bits per heavy atom. The van der Waals surface area contributed by atoms with Crippen molar-refractivity contribution in [1.29, 1.82) is 0 Å². The van der Waals surface area contributed by atoms with E-state index < -0.39 is 5.82 Å². The van der Waals surface area contributed by atoms with E-state index in [1.54, 1.807) is 0 Å². The molecule has 0 fully saturated rings. The average Bonchev–Trinajstić information content (AvgIpc) is 2.12. The van der Waals surface area contributed by atoms with Crippen molar-refractivity contribution in [3.8, 4) is 5.75 Å². The molecule has 1 N–H and O–H groups in total. The maximum atomic E-state index is 13.4. The minimum absolute atomic E-state index is 0.00189. The molecule has 0 aliphatic rings. The molecule has 0 unspecified atom stereocenters. The summed E-state index contributed by atoms with van der Waals surface area (Å²) in [5.74, 6) is -0.210. The number of phenolic OH excluding ortho intramolecular Hbond substituents is 1. The van der Waals surface area contributed by atoms with Gasteiger partial charge in [-0.2, -0.15) is 0 Å². The van der Waals surface area contributed by atoms with Gasteiger partial charge in [0.05, 0.1) is 5.02 Å². The quantitative estimate of drug-likeness (QED) is 0.788. The molecule has 0 heterocycles. The second-order valence-electron chi connectivity index (χ2n) is 4.20. The number of benzene rings is 1. The third kappa shape index (κ3) is 3.49. The summed E-state index contributed by atoms with van der Waals surface area (Å²) in [4.78, 5) is 4.12. The fraction of sp³-hybridized carbons (Fsp3) is 0.417. The molecular formula is C12H15ClFNO. The summed E-state index contributed by atoms with van der Waals surface area (Å²) >= 11 is 5.57. The maximum absolute atomic E-state index is 13.4. The Hall–Kier alpha value is -1.09. The summed E-state index contributed by atoms with van der Waals surface area (Å²) < 4.78 is 13.4. The predicted molar refractivity (Wildman–Crippen MR) is 65.3 cm³/mol. The number of hydrogen-bond donors (Lipinski definition) is 1. The van der Waals surface area contributed by atoms with Gasteiger partial charge in [-0.3, -0.25) is 4.99 Å². The lowest BCUT2D eigenvalue weighted by Crippen LogP contribution is -1.97. The van der Waals surface area contributed by atoms with Crippen LogP contribution in [-0.4, -0.2) is 10.8 Å². The first-order chi connectivity index (χ1) is 7.40. The highest BCUT2D eigenvalue weighted by Crippen LogP contribution is 2.31. The van der Waals surface area contributed by atoms with Crippen LogP contribution in [0.3, 0.4) is 0 Å². The maximum Gasteiger partial charge on any atom is 0.150 e. The molecule has 0 radical (unpaired) electrons. The smallest absolute Gasteiger partial charge is 0.150 e. The summed E-state index contributed by atoms with van der Waals surface area (Å²) in [6, 6.07) is 2.31. The molecule has 1 aromatic carbocycles. The Morgan fingerprint density at radius 3 is 2.69 bits per heavy atom. The zero-order valence-electron chi connectivity index (χ0n) is 9.59. The molecule has 0 amide bonds. The van der Waals surface area contributed by atoms with Crippen LogP contribution >= 0.6 is 11.6 Å². The van der Waals surface area contributed by atoms with Crippen LogP contribution in [0.5, 0.6) is 5.75 Å². The fourth-order valence-electron chi connectivity index (χ4n) is 1.45. The largest absolute Gasteiger partial charge is 0.506 e. The first-order valence-corrected chi connectivity index (χ1v) is 5.50. The topological polar surface area (TPSA) is 32.6 Å². The molecule has 0 saturated carbocycles. The van der Waals surface area contributed by atoms with Crippen LogP contribution in [0, 0.1) is 11.7 Å². The molecular weight excluding hydrogens is 229 g/mol. The van der Waals surface area contributed by atoms with Crippen molar-refractivity contribution >= 4 is 23.0 Å². The number of phenols is 1. The number of halogens is 2. The summed E-state index contributed by atoms with van der Waals surface area (Å²) in [6.45, 7) is 5.97. The van der Waals surface area contributed by atoms with Crippen molar-refractivity contribution in [2.75, 3.05) is 0 Å². The van der Waals surface area contributed by atoms with Crippen LogP contribution in [0.25, 0.3) is 0 Å². The normalized spacial score (nSPS) is 12.2. The van der Waals surface area contributed by atoms with E-state index in [4.69, 9.17) is 11.6 Å². The number of hydrogen-bond acceptors (Lipinski definition) is 2. The van der Waals surface area contributed by atoms with Crippen LogP contribution in [-0.2, 0) is 0 Å².